The molecular formula is C10H20N2O7. The number of carbonyl (C=O) groups is 2. The van der Waals surface area contributed by atoms with Gasteiger partial charge in [-0.25, -0.2) is 0 Å². The van der Waals surface area contributed by atoms with Crippen LogP contribution in [-0.2, 0) is 9.59 Å². The molecule has 0 bridgehead atoms. The Morgan fingerprint density at radius 2 is 1.53 bits per heavy atom. The van der Waals surface area contributed by atoms with Gasteiger partial charge in [-0.1, -0.05) is 0 Å². The van der Waals surface area contributed by atoms with Crippen molar-refractivity contribution in [3.8, 4) is 0 Å². The molecule has 0 aliphatic rings. The standard InChI is InChI=1S/C10H20N2O7/c11-7(16)1-2-8(17)12-3-5(14)9(18)10(19)6(15)4-13/h5-6,9-10,13-15,18-19H,1-4H2,(H2,11,16)(H,12,17). The molecule has 0 radical (unpaired) electrons. The summed E-state index contributed by atoms with van der Waals surface area (Å²) in [5, 5.41) is 48.0. The third-order valence-electron chi connectivity index (χ3n) is 2.43. The summed E-state index contributed by atoms with van der Waals surface area (Å²) in [6.07, 6.45) is -6.92. The molecule has 0 saturated carbocycles. The molecule has 0 saturated heterocycles. The van der Waals surface area contributed by atoms with E-state index in [-0.39, 0.29) is 19.4 Å². The van der Waals surface area contributed by atoms with Crippen LogP contribution in [0.5, 0.6) is 0 Å². The van der Waals surface area contributed by atoms with Crippen molar-refractivity contribution in [3.05, 3.63) is 0 Å². The van der Waals surface area contributed by atoms with Gasteiger partial charge >= 0.3 is 0 Å². The van der Waals surface area contributed by atoms with Gasteiger partial charge in [0.25, 0.3) is 0 Å². The Bertz CT molecular complexity index is 300. The predicted molar refractivity (Wildman–Crippen MR) is 62.6 cm³/mol. The Morgan fingerprint density at radius 1 is 1.00 bits per heavy atom. The second kappa shape index (κ2) is 8.77. The van der Waals surface area contributed by atoms with Gasteiger partial charge in [0.15, 0.2) is 0 Å². The van der Waals surface area contributed by atoms with Crippen molar-refractivity contribution in [3.63, 3.8) is 0 Å². The van der Waals surface area contributed by atoms with Crippen LogP contribution < -0.4 is 11.1 Å². The van der Waals surface area contributed by atoms with E-state index in [1.54, 1.807) is 0 Å². The molecule has 9 heteroatoms. The molecule has 0 aromatic heterocycles. The fourth-order valence-electron chi connectivity index (χ4n) is 1.23. The molecule has 0 fully saturated rings. The minimum absolute atomic E-state index is 0.143. The number of hydrogen-bond acceptors (Lipinski definition) is 7. The lowest BCUT2D eigenvalue weighted by Gasteiger charge is -2.25. The zero-order chi connectivity index (χ0) is 15.0. The van der Waals surface area contributed by atoms with Crippen LogP contribution >= 0.6 is 0 Å². The van der Waals surface area contributed by atoms with E-state index in [0.29, 0.717) is 0 Å². The van der Waals surface area contributed by atoms with Gasteiger partial charge in [-0.2, -0.15) is 0 Å². The van der Waals surface area contributed by atoms with Crippen LogP contribution in [0.1, 0.15) is 12.8 Å². The first-order chi connectivity index (χ1) is 8.79. The summed E-state index contributed by atoms with van der Waals surface area (Å²) in [5.74, 6) is -1.19. The lowest BCUT2D eigenvalue weighted by atomic mass is 10.0. The quantitative estimate of drug-likeness (QED) is 0.224. The highest BCUT2D eigenvalue weighted by atomic mass is 16.4. The molecule has 19 heavy (non-hydrogen) atoms. The highest BCUT2D eigenvalue weighted by Crippen LogP contribution is 2.04. The van der Waals surface area contributed by atoms with Crippen molar-refractivity contribution in [1.29, 1.82) is 0 Å². The number of nitrogens with one attached hydrogen (secondary N) is 1. The van der Waals surface area contributed by atoms with Gasteiger partial charge < -0.3 is 36.6 Å². The van der Waals surface area contributed by atoms with Crippen molar-refractivity contribution in [1.82, 2.24) is 5.32 Å². The summed E-state index contributed by atoms with van der Waals surface area (Å²) in [4.78, 5) is 21.6. The number of carbonyl (C=O) groups excluding carboxylic acids is 2. The summed E-state index contributed by atoms with van der Waals surface area (Å²) in [7, 11) is 0. The molecule has 4 unspecified atom stereocenters. The number of nitrogens with two attached hydrogens (primary N) is 1. The first-order valence-corrected chi connectivity index (χ1v) is 5.67. The van der Waals surface area contributed by atoms with E-state index in [1.165, 1.54) is 0 Å². The van der Waals surface area contributed by atoms with Gasteiger partial charge in [-0.15, -0.1) is 0 Å². The van der Waals surface area contributed by atoms with Crippen LogP contribution in [0.2, 0.25) is 0 Å². The minimum Gasteiger partial charge on any atom is -0.394 e. The molecule has 9 nitrogen and oxygen atoms in total. The largest absolute Gasteiger partial charge is 0.394 e. The highest BCUT2D eigenvalue weighted by Gasteiger charge is 2.30. The normalized spacial score (nSPS) is 17.3. The van der Waals surface area contributed by atoms with Crippen molar-refractivity contribution >= 4 is 11.8 Å². The zero-order valence-electron chi connectivity index (χ0n) is 10.3. The molecule has 0 aromatic carbocycles. The topological polar surface area (TPSA) is 173 Å². The predicted octanol–water partition coefficient (Wildman–Crippen LogP) is -4.20. The molecule has 0 spiro atoms. The molecule has 8 N–H and O–H groups in total. The maximum absolute atomic E-state index is 11.2. The van der Waals surface area contributed by atoms with Gasteiger partial charge in [0.1, 0.15) is 18.3 Å². The van der Waals surface area contributed by atoms with Crippen LogP contribution in [0, 0.1) is 0 Å². The first kappa shape index (κ1) is 17.7. The summed E-state index contributed by atoms with van der Waals surface area (Å²) in [5.41, 5.74) is 4.84. The van der Waals surface area contributed by atoms with Crippen molar-refractivity contribution in [2.45, 2.75) is 37.3 Å². The lowest BCUT2D eigenvalue weighted by Crippen LogP contribution is -2.49. The summed E-state index contributed by atoms with van der Waals surface area (Å²) in [6, 6.07) is 0. The lowest BCUT2D eigenvalue weighted by molar-refractivity contribution is -0.128. The Kier molecular flexibility index (Phi) is 8.19. The third kappa shape index (κ3) is 7.03. The van der Waals surface area contributed by atoms with Crippen LogP contribution in [0.15, 0.2) is 0 Å². The molecule has 0 rings (SSSR count). The molecule has 0 aliphatic heterocycles. The summed E-state index contributed by atoms with van der Waals surface area (Å²) >= 11 is 0. The van der Waals surface area contributed by atoms with Gasteiger partial charge in [-0.3, -0.25) is 9.59 Å². The molecule has 4 atom stereocenters. The van der Waals surface area contributed by atoms with E-state index in [1.807, 2.05) is 0 Å². The summed E-state index contributed by atoms with van der Waals surface area (Å²) < 4.78 is 0. The number of amides is 2. The molecule has 0 heterocycles. The number of primary amides is 1. The first-order valence-electron chi connectivity index (χ1n) is 5.67. The Labute approximate surface area is 109 Å². The minimum atomic E-state index is -1.75. The average Bonchev–Trinajstić information content (AvgIpc) is 2.39. The highest BCUT2D eigenvalue weighted by molar-refractivity contribution is 5.82. The van der Waals surface area contributed by atoms with Gasteiger partial charge in [0, 0.05) is 19.4 Å². The van der Waals surface area contributed by atoms with Crippen molar-refractivity contribution in [2.24, 2.45) is 5.73 Å². The van der Waals surface area contributed by atoms with Crippen LogP contribution in [0.25, 0.3) is 0 Å². The third-order valence-corrected chi connectivity index (χ3v) is 2.43. The van der Waals surface area contributed by atoms with Crippen molar-refractivity contribution < 1.29 is 35.1 Å². The molecule has 2 amide bonds. The maximum Gasteiger partial charge on any atom is 0.220 e. The SMILES string of the molecule is NC(=O)CCC(=O)NCC(O)C(O)C(O)C(O)CO. The Morgan fingerprint density at radius 3 is 2.00 bits per heavy atom. The van der Waals surface area contributed by atoms with Gasteiger partial charge in [-0.05, 0) is 0 Å². The number of rotatable bonds is 9. The molecule has 0 aromatic rings. The number of aliphatic hydroxyl groups excluding tert-OH is 5. The fourth-order valence-corrected chi connectivity index (χ4v) is 1.23. The number of aliphatic hydroxyl groups is 5. The van der Waals surface area contributed by atoms with Crippen molar-refractivity contribution in [2.75, 3.05) is 13.2 Å². The van der Waals surface area contributed by atoms with Gasteiger partial charge in [0.2, 0.25) is 11.8 Å². The van der Waals surface area contributed by atoms with E-state index in [9.17, 15) is 24.9 Å². The second-order valence-corrected chi connectivity index (χ2v) is 4.07. The Balaban J connectivity index is 4.05. The average molecular weight is 280 g/mol. The zero-order valence-corrected chi connectivity index (χ0v) is 10.3. The maximum atomic E-state index is 11.2. The molecule has 0 aliphatic carbocycles. The van der Waals surface area contributed by atoms with Crippen LogP contribution in [0.3, 0.4) is 0 Å². The van der Waals surface area contributed by atoms with E-state index in [0.717, 1.165) is 0 Å². The van der Waals surface area contributed by atoms with E-state index in [4.69, 9.17) is 15.9 Å². The van der Waals surface area contributed by atoms with Crippen LogP contribution in [0.4, 0.5) is 0 Å². The Hall–Kier alpha value is -1.26. The summed E-state index contributed by atoms with van der Waals surface area (Å²) in [6.45, 7) is -1.16. The molecule has 112 valence electrons. The monoisotopic (exact) mass is 280 g/mol. The van der Waals surface area contributed by atoms with E-state index in [2.05, 4.69) is 5.32 Å². The molecular weight excluding hydrogens is 260 g/mol. The van der Waals surface area contributed by atoms with E-state index < -0.39 is 42.8 Å². The van der Waals surface area contributed by atoms with E-state index >= 15 is 0 Å². The van der Waals surface area contributed by atoms with Crippen LogP contribution in [-0.4, -0.2) is 74.9 Å². The fraction of sp³-hybridized carbons (Fsp3) is 0.800. The smallest absolute Gasteiger partial charge is 0.220 e. The van der Waals surface area contributed by atoms with Gasteiger partial charge in [0.05, 0.1) is 12.7 Å². The number of hydrogen-bond donors (Lipinski definition) is 7. The second-order valence-electron chi connectivity index (χ2n) is 4.07.